The monoisotopic (exact) mass is 401 g/mol. The van der Waals surface area contributed by atoms with E-state index in [1.807, 2.05) is 10.8 Å². The number of H-pyrrole nitrogens is 1. The molecule has 4 rings (SSSR count). The van der Waals surface area contributed by atoms with Crippen LogP contribution in [0.15, 0.2) is 41.7 Å². The van der Waals surface area contributed by atoms with E-state index in [4.69, 9.17) is 0 Å². The Morgan fingerprint density at radius 2 is 1.86 bits per heavy atom. The third-order valence-electron chi connectivity index (χ3n) is 5.43. The zero-order valence-electron chi connectivity index (χ0n) is 16.2. The van der Waals surface area contributed by atoms with Crippen LogP contribution in [0.5, 0.6) is 0 Å². The first kappa shape index (κ1) is 19.4. The molecule has 2 N–H and O–H groups in total. The lowest BCUT2D eigenvalue weighted by atomic mass is 9.95. The molecule has 1 aromatic carbocycles. The molecule has 2 heterocycles. The minimum atomic E-state index is -0.665. The van der Waals surface area contributed by atoms with Crippen molar-refractivity contribution in [2.45, 2.75) is 57.7 Å². The summed E-state index contributed by atoms with van der Waals surface area (Å²) in [5.41, 5.74) is 0.569. The van der Waals surface area contributed by atoms with Crippen molar-refractivity contribution in [2.24, 2.45) is 0 Å². The van der Waals surface area contributed by atoms with Gasteiger partial charge in [0.15, 0.2) is 0 Å². The molecular formula is C21H25F2N5O. The average Bonchev–Trinajstić information content (AvgIpc) is 3.30. The van der Waals surface area contributed by atoms with Gasteiger partial charge in [-0.05, 0) is 31.4 Å². The van der Waals surface area contributed by atoms with Gasteiger partial charge in [-0.1, -0.05) is 19.3 Å². The van der Waals surface area contributed by atoms with Crippen LogP contribution in [0, 0.1) is 11.6 Å². The molecule has 8 heteroatoms. The van der Waals surface area contributed by atoms with Gasteiger partial charge in [0.1, 0.15) is 17.5 Å². The Morgan fingerprint density at radius 1 is 1.10 bits per heavy atom. The largest absolute Gasteiger partial charge is 0.367 e. The van der Waals surface area contributed by atoms with Gasteiger partial charge < -0.3 is 9.88 Å². The summed E-state index contributed by atoms with van der Waals surface area (Å²) in [6.07, 6.45) is 11.5. The van der Waals surface area contributed by atoms with Crippen LogP contribution in [0.25, 0.3) is 11.3 Å². The second-order valence-corrected chi connectivity index (χ2v) is 7.60. The highest BCUT2D eigenvalue weighted by Crippen LogP contribution is 2.30. The van der Waals surface area contributed by atoms with Crippen molar-refractivity contribution in [3.8, 4) is 11.3 Å². The van der Waals surface area contributed by atoms with E-state index in [0.29, 0.717) is 36.6 Å². The van der Waals surface area contributed by atoms with Gasteiger partial charge in [0.2, 0.25) is 0 Å². The van der Waals surface area contributed by atoms with Crippen molar-refractivity contribution >= 4 is 5.82 Å². The molecule has 3 aromatic rings. The standard InChI is InChI=1S/C21H25F2N5O/c22-16-11-15(12-17(23)13-16)19-20(25-18-5-2-1-3-6-18)26-21(29)28(19)9-4-8-27-10-7-24-14-27/h7,10-14,18,25H,1-6,8-9H2,(H,26,29). The first-order chi connectivity index (χ1) is 14.1. The molecule has 6 nitrogen and oxygen atoms in total. The first-order valence-electron chi connectivity index (χ1n) is 10.1. The summed E-state index contributed by atoms with van der Waals surface area (Å²) in [6, 6.07) is 3.62. The maximum absolute atomic E-state index is 13.9. The normalized spacial score (nSPS) is 15.0. The van der Waals surface area contributed by atoms with E-state index in [1.165, 1.54) is 18.6 Å². The van der Waals surface area contributed by atoms with Gasteiger partial charge in [0, 0.05) is 43.2 Å². The fourth-order valence-corrected chi connectivity index (χ4v) is 4.06. The minimum absolute atomic E-state index is 0.248. The van der Waals surface area contributed by atoms with Gasteiger partial charge >= 0.3 is 5.69 Å². The summed E-state index contributed by atoms with van der Waals surface area (Å²) in [6.45, 7) is 1.12. The zero-order chi connectivity index (χ0) is 20.2. The number of imidazole rings is 2. The molecule has 2 aromatic heterocycles. The number of anilines is 1. The minimum Gasteiger partial charge on any atom is -0.367 e. The van der Waals surface area contributed by atoms with Crippen LogP contribution in [0.1, 0.15) is 38.5 Å². The average molecular weight is 401 g/mol. The third kappa shape index (κ3) is 4.58. The maximum atomic E-state index is 13.9. The Morgan fingerprint density at radius 3 is 2.55 bits per heavy atom. The summed E-state index contributed by atoms with van der Waals surface area (Å²) in [5.74, 6) is -0.793. The first-order valence-corrected chi connectivity index (χ1v) is 10.1. The molecule has 154 valence electrons. The summed E-state index contributed by atoms with van der Waals surface area (Å²) in [5, 5.41) is 3.42. The fourth-order valence-electron chi connectivity index (χ4n) is 4.06. The molecule has 0 atom stereocenters. The molecule has 29 heavy (non-hydrogen) atoms. The Labute approximate surface area is 167 Å². The highest BCUT2D eigenvalue weighted by molar-refractivity contribution is 5.72. The van der Waals surface area contributed by atoms with Crippen LogP contribution in [0.3, 0.4) is 0 Å². The molecular weight excluding hydrogens is 376 g/mol. The third-order valence-corrected chi connectivity index (χ3v) is 5.43. The van der Waals surface area contributed by atoms with E-state index < -0.39 is 11.6 Å². The Kier molecular flexibility index (Phi) is 5.78. The number of aryl methyl sites for hydroxylation is 1. The van der Waals surface area contributed by atoms with E-state index in [1.54, 1.807) is 17.1 Å². The summed E-state index contributed by atoms with van der Waals surface area (Å²) >= 11 is 0. The molecule has 0 radical (unpaired) electrons. The lowest BCUT2D eigenvalue weighted by molar-refractivity contribution is 0.462. The SMILES string of the molecule is O=c1[nH]c(NC2CCCCC2)c(-c2cc(F)cc(F)c2)n1CCCn1ccnc1. The number of benzene rings is 1. The second-order valence-electron chi connectivity index (χ2n) is 7.60. The van der Waals surface area contributed by atoms with Crippen LogP contribution in [0.4, 0.5) is 14.6 Å². The molecule has 1 saturated carbocycles. The van der Waals surface area contributed by atoms with Gasteiger partial charge in [-0.15, -0.1) is 0 Å². The van der Waals surface area contributed by atoms with Crippen molar-refractivity contribution in [2.75, 3.05) is 5.32 Å². The Bertz CT molecular complexity index is 983. The van der Waals surface area contributed by atoms with Gasteiger partial charge in [0.25, 0.3) is 0 Å². The number of aromatic nitrogens is 4. The molecule has 1 aliphatic carbocycles. The van der Waals surface area contributed by atoms with Crippen LogP contribution in [-0.2, 0) is 13.1 Å². The van der Waals surface area contributed by atoms with E-state index in [9.17, 15) is 13.6 Å². The van der Waals surface area contributed by atoms with E-state index >= 15 is 0 Å². The van der Waals surface area contributed by atoms with E-state index in [2.05, 4.69) is 15.3 Å². The molecule has 0 saturated heterocycles. The second kappa shape index (κ2) is 8.63. The summed E-state index contributed by atoms with van der Waals surface area (Å²) in [4.78, 5) is 19.6. The number of halogens is 2. The van der Waals surface area contributed by atoms with Crippen molar-refractivity contribution in [1.29, 1.82) is 0 Å². The van der Waals surface area contributed by atoms with Gasteiger partial charge in [-0.25, -0.2) is 18.6 Å². The van der Waals surface area contributed by atoms with Crippen molar-refractivity contribution in [1.82, 2.24) is 19.1 Å². The molecule has 0 spiro atoms. The van der Waals surface area contributed by atoms with Gasteiger partial charge in [0.05, 0.1) is 12.0 Å². The number of nitrogens with one attached hydrogen (secondary N) is 2. The summed E-state index contributed by atoms with van der Waals surface area (Å²) < 4.78 is 31.3. The van der Waals surface area contributed by atoms with Crippen LogP contribution in [-0.4, -0.2) is 25.1 Å². The fraction of sp³-hybridized carbons (Fsp3) is 0.429. The van der Waals surface area contributed by atoms with Crippen molar-refractivity contribution in [3.05, 3.63) is 59.0 Å². The summed E-state index contributed by atoms with van der Waals surface area (Å²) in [7, 11) is 0. The predicted molar refractivity (Wildman–Crippen MR) is 108 cm³/mol. The lowest BCUT2D eigenvalue weighted by Gasteiger charge is -2.23. The van der Waals surface area contributed by atoms with Gasteiger partial charge in [-0.2, -0.15) is 0 Å². The van der Waals surface area contributed by atoms with Gasteiger partial charge in [-0.3, -0.25) is 9.55 Å². The van der Waals surface area contributed by atoms with E-state index in [-0.39, 0.29) is 11.7 Å². The van der Waals surface area contributed by atoms with E-state index in [0.717, 1.165) is 31.7 Å². The topological polar surface area (TPSA) is 67.6 Å². The van der Waals surface area contributed by atoms with Crippen LogP contribution >= 0.6 is 0 Å². The molecule has 0 bridgehead atoms. The maximum Gasteiger partial charge on any atom is 0.327 e. The highest BCUT2D eigenvalue weighted by Gasteiger charge is 2.21. The molecule has 0 unspecified atom stereocenters. The number of nitrogens with zero attached hydrogens (tertiary/aromatic N) is 3. The number of rotatable bonds is 7. The molecule has 1 fully saturated rings. The number of aromatic amines is 1. The quantitative estimate of drug-likeness (QED) is 0.625. The van der Waals surface area contributed by atoms with Crippen LogP contribution < -0.4 is 11.0 Å². The lowest BCUT2D eigenvalue weighted by Crippen LogP contribution is -2.23. The highest BCUT2D eigenvalue weighted by atomic mass is 19.1. The number of hydrogen-bond donors (Lipinski definition) is 2. The predicted octanol–water partition coefficient (Wildman–Crippen LogP) is 4.15. The van der Waals surface area contributed by atoms with Crippen molar-refractivity contribution < 1.29 is 8.78 Å². The Hall–Kier alpha value is -2.90. The number of hydrogen-bond acceptors (Lipinski definition) is 3. The zero-order valence-corrected chi connectivity index (χ0v) is 16.2. The molecule has 1 aliphatic rings. The van der Waals surface area contributed by atoms with Crippen molar-refractivity contribution in [3.63, 3.8) is 0 Å². The van der Waals surface area contributed by atoms with Crippen LogP contribution in [0.2, 0.25) is 0 Å². The molecule has 0 aliphatic heterocycles. The Balaban J connectivity index is 1.65. The smallest absolute Gasteiger partial charge is 0.327 e. The molecule has 0 amide bonds.